The van der Waals surface area contributed by atoms with Crippen molar-refractivity contribution in [2.45, 2.75) is 24.7 Å². The summed E-state index contributed by atoms with van der Waals surface area (Å²) in [6.07, 6.45) is 0. The van der Waals surface area contributed by atoms with Crippen LogP contribution in [0, 0.1) is 0 Å². The van der Waals surface area contributed by atoms with E-state index < -0.39 is 5.41 Å². The molecule has 0 N–H and O–H groups in total. The number of rotatable bonds is 5. The van der Waals surface area contributed by atoms with Crippen molar-refractivity contribution in [2.24, 2.45) is 0 Å². The molecule has 2 aliphatic rings. The van der Waals surface area contributed by atoms with Crippen LogP contribution in [0.1, 0.15) is 47.2 Å². The van der Waals surface area contributed by atoms with Crippen LogP contribution in [0.5, 0.6) is 0 Å². The lowest BCUT2D eigenvalue weighted by Crippen LogP contribution is -2.28. The van der Waals surface area contributed by atoms with E-state index in [4.69, 9.17) is 15.0 Å². The fourth-order valence-electron chi connectivity index (χ4n) is 8.86. The molecule has 0 atom stereocenters. The van der Waals surface area contributed by atoms with Gasteiger partial charge in [-0.3, -0.25) is 0 Å². The van der Waals surface area contributed by atoms with Gasteiger partial charge in [0.1, 0.15) is 0 Å². The second-order valence-corrected chi connectivity index (χ2v) is 14.4. The second kappa shape index (κ2) is 11.5. The van der Waals surface area contributed by atoms with Crippen molar-refractivity contribution in [3.8, 4) is 56.4 Å². The van der Waals surface area contributed by atoms with Crippen molar-refractivity contribution in [1.29, 1.82) is 0 Å². The minimum Gasteiger partial charge on any atom is -0.208 e. The Morgan fingerprint density at radius 3 is 1.54 bits per heavy atom. The fraction of sp³-hybridized carbons (Fsp3) is 0.0816. The Hall–Kier alpha value is -6.45. The summed E-state index contributed by atoms with van der Waals surface area (Å²) in [5, 5.41) is 0. The summed E-state index contributed by atoms with van der Waals surface area (Å²) in [5.41, 5.74) is 14.8. The summed E-state index contributed by atoms with van der Waals surface area (Å²) >= 11 is 0. The van der Waals surface area contributed by atoms with E-state index in [2.05, 4.69) is 172 Å². The van der Waals surface area contributed by atoms with Crippen molar-refractivity contribution in [1.82, 2.24) is 15.0 Å². The lowest BCUT2D eigenvalue weighted by atomic mass is 9.67. The summed E-state index contributed by atoms with van der Waals surface area (Å²) < 4.78 is 0. The first-order chi connectivity index (χ1) is 25.5. The molecule has 3 heteroatoms. The van der Waals surface area contributed by atoms with Crippen molar-refractivity contribution in [3.05, 3.63) is 209 Å². The van der Waals surface area contributed by atoms with E-state index in [9.17, 15) is 0 Å². The molecule has 0 radical (unpaired) electrons. The van der Waals surface area contributed by atoms with E-state index in [0.29, 0.717) is 17.5 Å². The number of hydrogen-bond donors (Lipinski definition) is 0. The predicted molar refractivity (Wildman–Crippen MR) is 211 cm³/mol. The molecule has 0 unspecified atom stereocenters. The van der Waals surface area contributed by atoms with Gasteiger partial charge in [0.2, 0.25) is 0 Å². The topological polar surface area (TPSA) is 38.7 Å². The Bertz CT molecular complexity index is 2600. The molecular formula is C49H35N3. The lowest BCUT2D eigenvalue weighted by molar-refractivity contribution is 0.660. The molecule has 0 fully saturated rings. The van der Waals surface area contributed by atoms with E-state index in [0.717, 1.165) is 22.3 Å². The van der Waals surface area contributed by atoms with Gasteiger partial charge < -0.3 is 0 Å². The van der Waals surface area contributed by atoms with Crippen LogP contribution in [-0.2, 0) is 10.8 Å². The van der Waals surface area contributed by atoms with Gasteiger partial charge in [-0.15, -0.1) is 0 Å². The molecule has 1 heterocycles. The van der Waals surface area contributed by atoms with E-state index in [1.54, 1.807) is 0 Å². The third kappa shape index (κ3) is 4.36. The highest BCUT2D eigenvalue weighted by Crippen LogP contribution is 2.58. The maximum absolute atomic E-state index is 5.34. The number of hydrogen-bond acceptors (Lipinski definition) is 3. The summed E-state index contributed by atoms with van der Waals surface area (Å²) in [7, 11) is 0. The van der Waals surface area contributed by atoms with Gasteiger partial charge in [0, 0.05) is 22.1 Å². The van der Waals surface area contributed by atoms with E-state index in [-0.39, 0.29) is 5.41 Å². The van der Waals surface area contributed by atoms with Gasteiger partial charge in [-0.25, -0.2) is 15.0 Å². The van der Waals surface area contributed by atoms with Gasteiger partial charge in [-0.2, -0.15) is 0 Å². The molecule has 7 aromatic carbocycles. The molecule has 0 saturated carbocycles. The van der Waals surface area contributed by atoms with Gasteiger partial charge in [0.05, 0.1) is 5.41 Å². The normalized spacial score (nSPS) is 14.3. The molecule has 1 aromatic heterocycles. The first kappa shape index (κ1) is 30.4. The quantitative estimate of drug-likeness (QED) is 0.184. The van der Waals surface area contributed by atoms with E-state index >= 15 is 0 Å². The van der Waals surface area contributed by atoms with Crippen LogP contribution in [0.2, 0.25) is 0 Å². The van der Waals surface area contributed by atoms with Crippen LogP contribution in [-0.4, -0.2) is 15.0 Å². The van der Waals surface area contributed by atoms with Gasteiger partial charge >= 0.3 is 0 Å². The Balaban J connectivity index is 1.23. The summed E-state index contributed by atoms with van der Waals surface area (Å²) in [6, 6.07) is 63.0. The highest BCUT2D eigenvalue weighted by molar-refractivity contribution is 5.94. The van der Waals surface area contributed by atoms with Gasteiger partial charge in [0.15, 0.2) is 17.5 Å². The summed E-state index contributed by atoms with van der Waals surface area (Å²) in [6.45, 7) is 4.62. The maximum Gasteiger partial charge on any atom is 0.164 e. The second-order valence-electron chi connectivity index (χ2n) is 14.4. The Kier molecular flexibility index (Phi) is 6.74. The molecule has 246 valence electrons. The van der Waals surface area contributed by atoms with Gasteiger partial charge in [-0.05, 0) is 61.7 Å². The first-order valence-electron chi connectivity index (χ1n) is 18.0. The smallest absolute Gasteiger partial charge is 0.164 e. The molecule has 10 rings (SSSR count). The standard InChI is InChI=1S/C49H35N3/c1-48(2)40-26-14-12-23-36(40)37-30-29-33(31-43(37)48)46-50-45(32-17-6-3-7-18-32)51-47(52-46)39-25-16-28-42-44(39)38-24-13-15-27-41(38)49(42,34-19-8-4-9-20-34)35-21-10-5-11-22-35/h3-31H,1-2H3. The van der Waals surface area contributed by atoms with Crippen LogP contribution in [0.4, 0.5) is 0 Å². The zero-order valence-electron chi connectivity index (χ0n) is 29.1. The Morgan fingerprint density at radius 2 is 0.846 bits per heavy atom. The van der Waals surface area contributed by atoms with Crippen molar-refractivity contribution >= 4 is 0 Å². The third-order valence-corrected chi connectivity index (χ3v) is 11.2. The molecule has 0 aliphatic heterocycles. The maximum atomic E-state index is 5.34. The molecule has 8 aromatic rings. The highest BCUT2D eigenvalue weighted by Gasteiger charge is 2.47. The lowest BCUT2D eigenvalue weighted by Gasteiger charge is -2.33. The van der Waals surface area contributed by atoms with Gasteiger partial charge in [0.25, 0.3) is 0 Å². The minimum absolute atomic E-state index is 0.137. The molecule has 0 saturated heterocycles. The van der Waals surface area contributed by atoms with E-state index in [1.807, 2.05) is 18.2 Å². The number of benzene rings is 7. The van der Waals surface area contributed by atoms with Crippen LogP contribution < -0.4 is 0 Å². The monoisotopic (exact) mass is 665 g/mol. The molecule has 0 amide bonds. The molecular weight excluding hydrogens is 631 g/mol. The largest absolute Gasteiger partial charge is 0.208 e. The average molecular weight is 666 g/mol. The molecule has 2 aliphatic carbocycles. The van der Waals surface area contributed by atoms with Crippen LogP contribution in [0.3, 0.4) is 0 Å². The van der Waals surface area contributed by atoms with Crippen molar-refractivity contribution in [3.63, 3.8) is 0 Å². The first-order valence-corrected chi connectivity index (χ1v) is 18.0. The molecule has 0 bridgehead atoms. The molecule has 3 nitrogen and oxygen atoms in total. The van der Waals surface area contributed by atoms with Crippen molar-refractivity contribution < 1.29 is 0 Å². The van der Waals surface area contributed by atoms with Crippen molar-refractivity contribution in [2.75, 3.05) is 0 Å². The SMILES string of the molecule is CC1(C)c2ccccc2-c2ccc(-c3nc(-c4ccccc4)nc(-c4cccc5c4-c4ccccc4C5(c4ccccc4)c4ccccc4)n3)cc21. The van der Waals surface area contributed by atoms with Gasteiger partial charge in [-0.1, -0.05) is 184 Å². The zero-order chi connectivity index (χ0) is 34.9. The minimum atomic E-state index is -0.511. The fourth-order valence-corrected chi connectivity index (χ4v) is 8.86. The Morgan fingerprint density at radius 1 is 0.346 bits per heavy atom. The average Bonchev–Trinajstić information content (AvgIpc) is 3.64. The highest BCUT2D eigenvalue weighted by atomic mass is 15.0. The third-order valence-electron chi connectivity index (χ3n) is 11.2. The number of fused-ring (bicyclic) bond motifs is 6. The summed E-state index contributed by atoms with van der Waals surface area (Å²) in [5.74, 6) is 1.99. The van der Waals surface area contributed by atoms with Crippen LogP contribution >= 0.6 is 0 Å². The Labute approximate surface area is 304 Å². The number of nitrogens with zero attached hydrogens (tertiary/aromatic N) is 3. The molecule has 52 heavy (non-hydrogen) atoms. The molecule has 0 spiro atoms. The van der Waals surface area contributed by atoms with Crippen LogP contribution in [0.25, 0.3) is 56.4 Å². The summed E-state index contributed by atoms with van der Waals surface area (Å²) in [4.78, 5) is 15.8. The number of aromatic nitrogens is 3. The zero-order valence-corrected chi connectivity index (χ0v) is 29.1. The predicted octanol–water partition coefficient (Wildman–Crippen LogP) is 11.5. The van der Waals surface area contributed by atoms with Crippen LogP contribution in [0.15, 0.2) is 176 Å². The van der Waals surface area contributed by atoms with E-state index in [1.165, 1.54) is 50.1 Å².